The number of likely N-dealkylation sites (tertiary alicyclic amines) is 1. The van der Waals surface area contributed by atoms with E-state index in [-0.39, 0.29) is 5.78 Å². The summed E-state index contributed by atoms with van der Waals surface area (Å²) in [5.74, 6) is 0.771. The van der Waals surface area contributed by atoms with Crippen LogP contribution in [-0.4, -0.2) is 35.5 Å². The van der Waals surface area contributed by atoms with E-state index >= 15 is 0 Å². The van der Waals surface area contributed by atoms with Crippen molar-refractivity contribution < 1.29 is 9.32 Å². The van der Waals surface area contributed by atoms with Crippen molar-refractivity contribution in [3.8, 4) is 0 Å². The maximum absolute atomic E-state index is 11.3. The third kappa shape index (κ3) is 2.70. The summed E-state index contributed by atoms with van der Waals surface area (Å²) in [4.78, 5) is 13.7. The van der Waals surface area contributed by atoms with Gasteiger partial charge in [-0.1, -0.05) is 11.6 Å². The van der Waals surface area contributed by atoms with Gasteiger partial charge in [-0.2, -0.15) is 0 Å². The number of Topliss-reactive ketones (excluding diaryl/α,β-unsaturated/α-hetero) is 1. The SMILES string of the molecule is CC(=O)c1cnoc1CCN1CCCCC1. The highest BCUT2D eigenvalue weighted by molar-refractivity contribution is 5.94. The largest absolute Gasteiger partial charge is 0.361 e. The number of rotatable bonds is 4. The first-order valence-corrected chi connectivity index (χ1v) is 5.94. The summed E-state index contributed by atoms with van der Waals surface area (Å²) in [5.41, 5.74) is 0.636. The van der Waals surface area contributed by atoms with Crippen LogP contribution < -0.4 is 0 Å². The van der Waals surface area contributed by atoms with Gasteiger partial charge in [0.25, 0.3) is 0 Å². The van der Waals surface area contributed by atoms with Crippen LogP contribution >= 0.6 is 0 Å². The minimum atomic E-state index is 0.0369. The number of nitrogens with zero attached hydrogens (tertiary/aromatic N) is 2. The molecule has 0 saturated carbocycles. The van der Waals surface area contributed by atoms with Gasteiger partial charge in [0.2, 0.25) is 0 Å². The molecule has 4 heteroatoms. The molecule has 0 radical (unpaired) electrons. The van der Waals surface area contributed by atoms with E-state index < -0.39 is 0 Å². The molecule has 0 spiro atoms. The molecule has 1 saturated heterocycles. The van der Waals surface area contributed by atoms with Gasteiger partial charge in [-0.3, -0.25) is 4.79 Å². The summed E-state index contributed by atoms with van der Waals surface area (Å²) >= 11 is 0. The zero-order valence-corrected chi connectivity index (χ0v) is 9.74. The number of carbonyl (C=O) groups is 1. The minimum Gasteiger partial charge on any atom is -0.361 e. The first-order valence-electron chi connectivity index (χ1n) is 5.94. The number of carbonyl (C=O) groups excluding carboxylic acids is 1. The third-order valence-electron chi connectivity index (χ3n) is 3.13. The predicted octanol–water partition coefficient (Wildman–Crippen LogP) is 1.91. The molecule has 1 aromatic heterocycles. The third-order valence-corrected chi connectivity index (χ3v) is 3.13. The van der Waals surface area contributed by atoms with Crippen molar-refractivity contribution in [1.82, 2.24) is 10.1 Å². The molecule has 0 bridgehead atoms. The highest BCUT2D eigenvalue weighted by Crippen LogP contribution is 2.13. The summed E-state index contributed by atoms with van der Waals surface area (Å²) in [6, 6.07) is 0. The molecule has 1 aromatic rings. The molecule has 0 aromatic carbocycles. The molecule has 4 nitrogen and oxygen atoms in total. The van der Waals surface area contributed by atoms with Gasteiger partial charge >= 0.3 is 0 Å². The smallest absolute Gasteiger partial charge is 0.164 e. The van der Waals surface area contributed by atoms with Crippen LogP contribution in [0.3, 0.4) is 0 Å². The number of hydrogen-bond acceptors (Lipinski definition) is 4. The Balaban J connectivity index is 1.88. The Labute approximate surface area is 95.6 Å². The molecule has 2 rings (SSSR count). The normalized spacial score (nSPS) is 17.6. The second-order valence-corrected chi connectivity index (χ2v) is 4.37. The van der Waals surface area contributed by atoms with Crippen LogP contribution in [-0.2, 0) is 6.42 Å². The predicted molar refractivity (Wildman–Crippen MR) is 60.5 cm³/mol. The first kappa shape index (κ1) is 11.3. The van der Waals surface area contributed by atoms with Crippen LogP contribution in [0.2, 0.25) is 0 Å². The van der Waals surface area contributed by atoms with E-state index in [1.165, 1.54) is 38.5 Å². The Morgan fingerprint density at radius 1 is 1.44 bits per heavy atom. The first-order chi connectivity index (χ1) is 7.77. The molecule has 0 aliphatic carbocycles. The monoisotopic (exact) mass is 222 g/mol. The Morgan fingerprint density at radius 3 is 2.88 bits per heavy atom. The van der Waals surface area contributed by atoms with E-state index in [0.29, 0.717) is 5.56 Å². The zero-order valence-electron chi connectivity index (χ0n) is 9.74. The summed E-state index contributed by atoms with van der Waals surface area (Å²) in [6.45, 7) is 4.86. The number of piperidine rings is 1. The molecule has 0 amide bonds. The Morgan fingerprint density at radius 2 is 2.19 bits per heavy atom. The topological polar surface area (TPSA) is 46.3 Å². The fraction of sp³-hybridized carbons (Fsp3) is 0.667. The van der Waals surface area contributed by atoms with Crippen LogP contribution in [0.4, 0.5) is 0 Å². The van der Waals surface area contributed by atoms with Gasteiger partial charge in [0.05, 0.1) is 11.8 Å². The lowest BCUT2D eigenvalue weighted by atomic mass is 10.1. The molecular formula is C12H18N2O2. The molecule has 1 fully saturated rings. The molecule has 88 valence electrons. The number of hydrogen-bond donors (Lipinski definition) is 0. The van der Waals surface area contributed by atoms with E-state index in [9.17, 15) is 4.79 Å². The van der Waals surface area contributed by atoms with Crippen LogP contribution in [0, 0.1) is 0 Å². The van der Waals surface area contributed by atoms with Crippen LogP contribution in [0.1, 0.15) is 42.3 Å². The maximum Gasteiger partial charge on any atom is 0.164 e. The molecule has 0 N–H and O–H groups in total. The molecule has 1 aliphatic heterocycles. The Hall–Kier alpha value is -1.16. The summed E-state index contributed by atoms with van der Waals surface area (Å²) in [5, 5.41) is 3.69. The fourth-order valence-corrected chi connectivity index (χ4v) is 2.17. The molecule has 1 aliphatic rings. The van der Waals surface area contributed by atoms with Gasteiger partial charge < -0.3 is 9.42 Å². The quantitative estimate of drug-likeness (QED) is 0.730. The van der Waals surface area contributed by atoms with E-state index in [1.807, 2.05) is 0 Å². The van der Waals surface area contributed by atoms with Crippen LogP contribution in [0.25, 0.3) is 0 Å². The molecule has 2 heterocycles. The zero-order chi connectivity index (χ0) is 11.4. The Kier molecular flexibility index (Phi) is 3.72. The average Bonchev–Trinajstić information content (AvgIpc) is 2.76. The van der Waals surface area contributed by atoms with Crippen molar-refractivity contribution in [2.75, 3.05) is 19.6 Å². The van der Waals surface area contributed by atoms with Crippen molar-refractivity contribution >= 4 is 5.78 Å². The highest BCUT2D eigenvalue weighted by Gasteiger charge is 2.15. The molecule has 16 heavy (non-hydrogen) atoms. The number of aromatic nitrogens is 1. The lowest BCUT2D eigenvalue weighted by Gasteiger charge is -2.25. The lowest BCUT2D eigenvalue weighted by Crippen LogP contribution is -2.31. The number of ketones is 1. The van der Waals surface area contributed by atoms with Crippen molar-refractivity contribution in [3.63, 3.8) is 0 Å². The lowest BCUT2D eigenvalue weighted by molar-refractivity contribution is 0.101. The molecular weight excluding hydrogens is 204 g/mol. The van der Waals surface area contributed by atoms with Crippen LogP contribution in [0.15, 0.2) is 10.7 Å². The minimum absolute atomic E-state index is 0.0369. The van der Waals surface area contributed by atoms with E-state index in [0.717, 1.165) is 18.7 Å². The standard InChI is InChI=1S/C12H18N2O2/c1-10(15)11-9-13-16-12(11)5-8-14-6-3-2-4-7-14/h9H,2-8H2,1H3. The van der Waals surface area contributed by atoms with Gasteiger partial charge in [-0.05, 0) is 32.9 Å². The van der Waals surface area contributed by atoms with Crippen molar-refractivity contribution in [2.24, 2.45) is 0 Å². The summed E-state index contributed by atoms with van der Waals surface area (Å²) in [6.07, 6.45) is 6.23. The summed E-state index contributed by atoms with van der Waals surface area (Å²) < 4.78 is 5.12. The maximum atomic E-state index is 11.3. The molecule has 0 atom stereocenters. The summed E-state index contributed by atoms with van der Waals surface area (Å²) in [7, 11) is 0. The van der Waals surface area contributed by atoms with Crippen LogP contribution in [0.5, 0.6) is 0 Å². The second-order valence-electron chi connectivity index (χ2n) is 4.37. The van der Waals surface area contributed by atoms with E-state index in [1.54, 1.807) is 6.92 Å². The van der Waals surface area contributed by atoms with Gasteiger partial charge in [-0.15, -0.1) is 0 Å². The second kappa shape index (κ2) is 5.25. The molecule has 0 unspecified atom stereocenters. The van der Waals surface area contributed by atoms with Crippen molar-refractivity contribution in [1.29, 1.82) is 0 Å². The van der Waals surface area contributed by atoms with Gasteiger partial charge in [0, 0.05) is 13.0 Å². The van der Waals surface area contributed by atoms with Gasteiger partial charge in [0.1, 0.15) is 5.76 Å². The van der Waals surface area contributed by atoms with Crippen molar-refractivity contribution in [2.45, 2.75) is 32.6 Å². The van der Waals surface area contributed by atoms with E-state index in [2.05, 4.69) is 10.1 Å². The van der Waals surface area contributed by atoms with Crippen molar-refractivity contribution in [3.05, 3.63) is 17.5 Å². The van der Waals surface area contributed by atoms with Gasteiger partial charge in [0.15, 0.2) is 5.78 Å². The fourth-order valence-electron chi connectivity index (χ4n) is 2.17. The highest BCUT2D eigenvalue weighted by atomic mass is 16.5. The average molecular weight is 222 g/mol. The van der Waals surface area contributed by atoms with Gasteiger partial charge in [-0.25, -0.2) is 0 Å². The Bertz CT molecular complexity index is 354. The van der Waals surface area contributed by atoms with E-state index in [4.69, 9.17) is 4.52 Å².